The van der Waals surface area contributed by atoms with Gasteiger partial charge in [-0.3, -0.25) is 9.59 Å². The number of ether oxygens (including phenoxy) is 2. The molecule has 0 aliphatic heterocycles. The van der Waals surface area contributed by atoms with E-state index >= 15 is 0 Å². The maximum Gasteiger partial charge on any atom is 0.304 e. The maximum absolute atomic E-state index is 10.2. The number of rotatable bonds is 5. The SMILES string of the molecule is CC(=O)O.CC(=O)OCOC(CO)CCl. The van der Waals surface area contributed by atoms with Crippen molar-refractivity contribution in [3.05, 3.63) is 0 Å². The summed E-state index contributed by atoms with van der Waals surface area (Å²) in [5.41, 5.74) is 0. The number of aliphatic carboxylic acids is 1. The summed E-state index contributed by atoms with van der Waals surface area (Å²) in [4.78, 5) is 19.2. The summed E-state index contributed by atoms with van der Waals surface area (Å²) < 4.78 is 9.27. The normalized spacial score (nSPS) is 10.9. The Kier molecular flexibility index (Phi) is 12.4. The average molecular weight is 243 g/mol. The van der Waals surface area contributed by atoms with Crippen molar-refractivity contribution >= 4 is 23.5 Å². The van der Waals surface area contributed by atoms with E-state index in [1.807, 2.05) is 0 Å². The number of halogens is 1. The van der Waals surface area contributed by atoms with Crippen molar-refractivity contribution in [1.82, 2.24) is 0 Å². The van der Waals surface area contributed by atoms with Crippen LogP contribution in [0, 0.1) is 0 Å². The van der Waals surface area contributed by atoms with Gasteiger partial charge in [0.05, 0.1) is 18.6 Å². The van der Waals surface area contributed by atoms with Crippen molar-refractivity contribution in [3.63, 3.8) is 0 Å². The number of alkyl halides is 1. The van der Waals surface area contributed by atoms with Gasteiger partial charge < -0.3 is 19.7 Å². The van der Waals surface area contributed by atoms with Gasteiger partial charge in [0.2, 0.25) is 0 Å². The number of carboxylic acids is 1. The molecule has 15 heavy (non-hydrogen) atoms. The zero-order valence-electron chi connectivity index (χ0n) is 8.60. The van der Waals surface area contributed by atoms with Crippen molar-refractivity contribution in [1.29, 1.82) is 0 Å². The molecule has 0 aromatic rings. The minimum absolute atomic E-state index is 0.159. The monoisotopic (exact) mass is 242 g/mol. The molecular formula is C8H15ClO6. The largest absolute Gasteiger partial charge is 0.481 e. The second-order valence-electron chi connectivity index (χ2n) is 2.40. The highest BCUT2D eigenvalue weighted by Crippen LogP contribution is 1.94. The molecule has 90 valence electrons. The number of carboxylic acid groups (broad SMARTS) is 1. The Hall–Kier alpha value is -0.850. The molecule has 0 saturated carbocycles. The van der Waals surface area contributed by atoms with E-state index in [-0.39, 0.29) is 19.3 Å². The second kappa shape index (κ2) is 11.2. The summed E-state index contributed by atoms with van der Waals surface area (Å²) in [6.45, 7) is 2.02. The molecule has 0 amide bonds. The summed E-state index contributed by atoms with van der Waals surface area (Å²) >= 11 is 5.36. The van der Waals surface area contributed by atoms with Gasteiger partial charge in [0.1, 0.15) is 0 Å². The quantitative estimate of drug-likeness (QED) is 0.407. The molecule has 0 saturated heterocycles. The van der Waals surface area contributed by atoms with Crippen molar-refractivity contribution in [2.45, 2.75) is 20.0 Å². The molecule has 1 unspecified atom stereocenters. The van der Waals surface area contributed by atoms with Gasteiger partial charge in [-0.05, 0) is 0 Å². The molecule has 7 heteroatoms. The van der Waals surface area contributed by atoms with Crippen LogP contribution in [0.1, 0.15) is 13.8 Å². The van der Waals surface area contributed by atoms with Crippen LogP contribution < -0.4 is 0 Å². The minimum Gasteiger partial charge on any atom is -0.481 e. The number of carbonyl (C=O) groups is 2. The molecule has 0 bridgehead atoms. The Bertz CT molecular complexity index is 176. The Morgan fingerprint density at radius 3 is 2.13 bits per heavy atom. The third kappa shape index (κ3) is 19.5. The van der Waals surface area contributed by atoms with Crippen LogP contribution in [0.25, 0.3) is 0 Å². The molecule has 2 N–H and O–H groups in total. The number of carbonyl (C=O) groups excluding carboxylic acids is 1. The highest BCUT2D eigenvalue weighted by molar-refractivity contribution is 6.18. The summed E-state index contributed by atoms with van der Waals surface area (Å²) in [7, 11) is 0. The van der Waals surface area contributed by atoms with E-state index in [9.17, 15) is 4.79 Å². The van der Waals surface area contributed by atoms with Crippen molar-refractivity contribution in [3.8, 4) is 0 Å². The molecule has 1 atom stereocenters. The fourth-order valence-corrected chi connectivity index (χ4v) is 0.546. The molecule has 0 fully saturated rings. The van der Waals surface area contributed by atoms with Gasteiger partial charge in [0, 0.05) is 13.8 Å². The molecule has 0 spiro atoms. The standard InChI is InChI=1S/C6H11ClO4.C2H4O2/c1-5(9)10-4-11-6(2-7)3-8;1-2(3)4/h6,8H,2-4H2,1H3;1H3,(H,3,4). The van der Waals surface area contributed by atoms with E-state index in [1.54, 1.807) is 0 Å². The van der Waals surface area contributed by atoms with Crippen LogP contribution in [0.3, 0.4) is 0 Å². The molecule has 0 rings (SSSR count). The molecular weight excluding hydrogens is 228 g/mol. The van der Waals surface area contributed by atoms with E-state index in [0.717, 1.165) is 6.92 Å². The van der Waals surface area contributed by atoms with Crippen molar-refractivity contribution < 1.29 is 29.3 Å². The number of esters is 1. The Morgan fingerprint density at radius 2 is 1.87 bits per heavy atom. The summed E-state index contributed by atoms with van der Waals surface area (Å²) in [6.07, 6.45) is -0.462. The van der Waals surface area contributed by atoms with E-state index < -0.39 is 18.0 Å². The molecule has 0 heterocycles. The van der Waals surface area contributed by atoms with E-state index in [2.05, 4.69) is 4.74 Å². The van der Waals surface area contributed by atoms with Crippen LogP contribution in [0.5, 0.6) is 0 Å². The lowest BCUT2D eigenvalue weighted by molar-refractivity contribution is -0.158. The highest BCUT2D eigenvalue weighted by Gasteiger charge is 2.05. The zero-order valence-corrected chi connectivity index (χ0v) is 9.36. The summed E-state index contributed by atoms with van der Waals surface area (Å²) in [6, 6.07) is 0. The predicted octanol–water partition coefficient (Wildman–Crippen LogP) is 0.214. The van der Waals surface area contributed by atoms with Crippen LogP contribution in [0.2, 0.25) is 0 Å². The van der Waals surface area contributed by atoms with Crippen LogP contribution in [0.15, 0.2) is 0 Å². The van der Waals surface area contributed by atoms with Crippen LogP contribution in [-0.2, 0) is 19.1 Å². The van der Waals surface area contributed by atoms with Crippen LogP contribution >= 0.6 is 11.6 Å². The second-order valence-corrected chi connectivity index (χ2v) is 2.71. The summed E-state index contributed by atoms with van der Waals surface area (Å²) in [5, 5.41) is 16.0. The van der Waals surface area contributed by atoms with Crippen molar-refractivity contribution in [2.75, 3.05) is 19.3 Å². The lowest BCUT2D eigenvalue weighted by Crippen LogP contribution is -2.21. The Morgan fingerprint density at radius 1 is 1.40 bits per heavy atom. The van der Waals surface area contributed by atoms with Crippen LogP contribution in [0.4, 0.5) is 0 Å². The smallest absolute Gasteiger partial charge is 0.304 e. The van der Waals surface area contributed by atoms with E-state index in [1.165, 1.54) is 6.92 Å². The number of aliphatic hydroxyl groups is 1. The number of hydrogen-bond acceptors (Lipinski definition) is 5. The van der Waals surface area contributed by atoms with Crippen LogP contribution in [-0.4, -0.2) is 47.5 Å². The fourth-order valence-electron chi connectivity index (χ4n) is 0.359. The molecule has 6 nitrogen and oxygen atoms in total. The summed E-state index contributed by atoms with van der Waals surface area (Å²) in [5.74, 6) is -1.08. The predicted molar refractivity (Wildman–Crippen MR) is 52.6 cm³/mol. The first kappa shape index (κ1) is 16.6. The molecule has 0 aromatic carbocycles. The first-order valence-corrected chi connectivity index (χ1v) is 4.58. The Balaban J connectivity index is 0. The fraction of sp³-hybridized carbons (Fsp3) is 0.750. The van der Waals surface area contributed by atoms with Gasteiger partial charge in [-0.2, -0.15) is 0 Å². The maximum atomic E-state index is 10.2. The lowest BCUT2D eigenvalue weighted by Gasteiger charge is -2.10. The van der Waals surface area contributed by atoms with Gasteiger partial charge in [-0.25, -0.2) is 0 Å². The van der Waals surface area contributed by atoms with Gasteiger partial charge in [-0.15, -0.1) is 11.6 Å². The van der Waals surface area contributed by atoms with E-state index in [0.29, 0.717) is 0 Å². The molecule has 0 aliphatic rings. The first-order chi connectivity index (χ1) is 6.93. The van der Waals surface area contributed by atoms with Crippen molar-refractivity contribution in [2.24, 2.45) is 0 Å². The number of hydrogen-bond donors (Lipinski definition) is 2. The number of aliphatic hydroxyl groups excluding tert-OH is 1. The average Bonchev–Trinajstić information content (AvgIpc) is 2.11. The lowest BCUT2D eigenvalue weighted by atomic mass is 10.4. The molecule has 0 aromatic heterocycles. The zero-order chi connectivity index (χ0) is 12.3. The van der Waals surface area contributed by atoms with Gasteiger partial charge in [0.25, 0.3) is 5.97 Å². The minimum atomic E-state index is -0.833. The third-order valence-corrected chi connectivity index (χ3v) is 1.29. The third-order valence-electron chi connectivity index (χ3n) is 0.942. The van der Waals surface area contributed by atoms with Gasteiger partial charge in [0.15, 0.2) is 6.79 Å². The molecule has 0 aliphatic carbocycles. The van der Waals surface area contributed by atoms with Gasteiger partial charge in [-0.1, -0.05) is 0 Å². The van der Waals surface area contributed by atoms with Gasteiger partial charge >= 0.3 is 5.97 Å². The highest BCUT2D eigenvalue weighted by atomic mass is 35.5. The molecule has 0 radical (unpaired) electrons. The van der Waals surface area contributed by atoms with E-state index in [4.69, 9.17) is 31.3 Å². The topological polar surface area (TPSA) is 93.1 Å². The first-order valence-electron chi connectivity index (χ1n) is 4.05. The Labute approximate surface area is 92.7 Å².